The van der Waals surface area contributed by atoms with Crippen molar-refractivity contribution in [2.45, 2.75) is 43.2 Å². The topological polar surface area (TPSA) is 88.4 Å². The van der Waals surface area contributed by atoms with Crippen LogP contribution in [0.15, 0.2) is 36.4 Å². The highest BCUT2D eigenvalue weighted by atomic mass is 32.2. The van der Waals surface area contributed by atoms with Crippen molar-refractivity contribution in [2.24, 2.45) is 0 Å². The number of aliphatic hydroxyl groups is 3. The number of aryl methyl sites for hydroxylation is 1. The third-order valence-corrected chi connectivity index (χ3v) is 6.36. The molecule has 1 saturated heterocycles. The van der Waals surface area contributed by atoms with Crippen LogP contribution in [-0.2, 0) is 11.2 Å². The number of fused-ring (bicyclic) bond motifs is 1. The van der Waals surface area contributed by atoms with Crippen LogP contribution in [0.3, 0.4) is 0 Å². The van der Waals surface area contributed by atoms with Crippen LogP contribution in [0.4, 0.5) is 0 Å². The number of rotatable bonds is 4. The fourth-order valence-corrected chi connectivity index (χ4v) is 4.47. The fraction of sp³-hybridized carbons (Fsp3) is 0.455. The smallest absolute Gasteiger partial charge is 0.161 e. The van der Waals surface area contributed by atoms with Gasteiger partial charge in [0.25, 0.3) is 0 Å². The molecule has 29 heavy (non-hydrogen) atoms. The Bertz CT molecular complexity index is 870. The van der Waals surface area contributed by atoms with Gasteiger partial charge in [0.1, 0.15) is 43.1 Å². The van der Waals surface area contributed by atoms with E-state index in [0.717, 1.165) is 33.8 Å². The summed E-state index contributed by atoms with van der Waals surface area (Å²) in [4.78, 5) is 0. The van der Waals surface area contributed by atoms with Gasteiger partial charge in [0.05, 0.1) is 0 Å². The maximum Gasteiger partial charge on any atom is 0.161 e. The van der Waals surface area contributed by atoms with Crippen LogP contribution in [0.5, 0.6) is 11.5 Å². The maximum atomic E-state index is 10.5. The van der Waals surface area contributed by atoms with Crippen molar-refractivity contribution in [1.29, 1.82) is 0 Å². The van der Waals surface area contributed by atoms with Gasteiger partial charge in [-0.05, 0) is 54.0 Å². The molecule has 7 heteroatoms. The molecule has 0 amide bonds. The number of ether oxygens (including phenoxy) is 3. The predicted octanol–water partition coefficient (Wildman–Crippen LogP) is 2.20. The first-order valence-corrected chi connectivity index (χ1v) is 11.0. The minimum atomic E-state index is -1.26. The van der Waals surface area contributed by atoms with E-state index < -0.39 is 29.9 Å². The lowest BCUT2D eigenvalue weighted by atomic mass is 9.91. The minimum absolute atomic E-state index is 0.548. The summed E-state index contributed by atoms with van der Waals surface area (Å²) in [5.41, 5.74) is 3.49. The van der Waals surface area contributed by atoms with E-state index in [9.17, 15) is 15.3 Å². The molecule has 0 aromatic heterocycles. The van der Waals surface area contributed by atoms with Gasteiger partial charge in [-0.1, -0.05) is 24.3 Å². The summed E-state index contributed by atoms with van der Waals surface area (Å²) in [5, 5.41) is 30.8. The second kappa shape index (κ2) is 8.53. The van der Waals surface area contributed by atoms with Gasteiger partial charge in [0.2, 0.25) is 0 Å². The molecule has 4 rings (SSSR count). The summed E-state index contributed by atoms with van der Waals surface area (Å²) < 4.78 is 17.2. The SMILES string of the molecule is CSC1OC(c2ccc(C)c(Cc3ccc4c(c3)OCCO4)c2)C(O)C(O)C1O. The summed E-state index contributed by atoms with van der Waals surface area (Å²) >= 11 is 1.31. The van der Waals surface area contributed by atoms with Crippen LogP contribution >= 0.6 is 11.8 Å². The van der Waals surface area contributed by atoms with Gasteiger partial charge in [0.15, 0.2) is 11.5 Å². The van der Waals surface area contributed by atoms with Crippen LogP contribution in [0.2, 0.25) is 0 Å². The van der Waals surface area contributed by atoms with E-state index >= 15 is 0 Å². The monoisotopic (exact) mass is 418 g/mol. The summed E-state index contributed by atoms with van der Waals surface area (Å²) in [5.74, 6) is 1.52. The summed E-state index contributed by atoms with van der Waals surface area (Å²) in [6.07, 6.45) is -1.79. The van der Waals surface area contributed by atoms with E-state index in [1.165, 1.54) is 11.8 Å². The molecular formula is C22H26O6S. The van der Waals surface area contributed by atoms with Gasteiger partial charge >= 0.3 is 0 Å². The zero-order chi connectivity index (χ0) is 20.5. The molecule has 0 spiro atoms. The van der Waals surface area contributed by atoms with E-state index in [0.29, 0.717) is 19.6 Å². The molecule has 3 N–H and O–H groups in total. The normalized spacial score (nSPS) is 28.9. The first kappa shape index (κ1) is 20.5. The van der Waals surface area contributed by atoms with Gasteiger partial charge in [-0.25, -0.2) is 0 Å². The Labute approximate surface area is 174 Å². The number of hydrogen-bond donors (Lipinski definition) is 3. The van der Waals surface area contributed by atoms with Crippen LogP contribution in [-0.4, -0.2) is 58.5 Å². The molecule has 2 heterocycles. The summed E-state index contributed by atoms with van der Waals surface area (Å²) in [6.45, 7) is 3.15. The van der Waals surface area contributed by atoms with Crippen LogP contribution in [0.25, 0.3) is 0 Å². The summed E-state index contributed by atoms with van der Waals surface area (Å²) in [7, 11) is 0. The van der Waals surface area contributed by atoms with E-state index in [1.54, 1.807) is 6.26 Å². The molecular weight excluding hydrogens is 392 g/mol. The van der Waals surface area contributed by atoms with E-state index in [2.05, 4.69) is 0 Å². The molecule has 2 aromatic carbocycles. The molecule has 0 aliphatic carbocycles. The van der Waals surface area contributed by atoms with Gasteiger partial charge in [-0.2, -0.15) is 0 Å². The molecule has 2 aromatic rings. The molecule has 2 aliphatic rings. The number of aliphatic hydroxyl groups excluding tert-OH is 3. The van der Waals surface area contributed by atoms with E-state index in [1.807, 2.05) is 43.3 Å². The van der Waals surface area contributed by atoms with Gasteiger partial charge in [-0.3, -0.25) is 0 Å². The molecule has 2 aliphatic heterocycles. The van der Waals surface area contributed by atoms with Crippen molar-refractivity contribution in [3.63, 3.8) is 0 Å². The number of thioether (sulfide) groups is 1. The van der Waals surface area contributed by atoms with E-state index in [4.69, 9.17) is 14.2 Å². The highest BCUT2D eigenvalue weighted by molar-refractivity contribution is 7.99. The molecule has 0 saturated carbocycles. The van der Waals surface area contributed by atoms with Crippen LogP contribution in [0.1, 0.15) is 28.4 Å². The Balaban J connectivity index is 1.59. The summed E-state index contributed by atoms with van der Waals surface area (Å²) in [6, 6.07) is 11.8. The van der Waals surface area contributed by atoms with Crippen molar-refractivity contribution < 1.29 is 29.5 Å². The zero-order valence-corrected chi connectivity index (χ0v) is 17.3. The van der Waals surface area contributed by atoms with Crippen LogP contribution in [0, 0.1) is 6.92 Å². The Morgan fingerprint density at radius 3 is 2.45 bits per heavy atom. The Hall–Kier alpha value is -1.77. The van der Waals surface area contributed by atoms with Crippen molar-refractivity contribution in [1.82, 2.24) is 0 Å². The third kappa shape index (κ3) is 4.11. The van der Waals surface area contributed by atoms with Crippen LogP contribution < -0.4 is 9.47 Å². The molecule has 6 nitrogen and oxygen atoms in total. The van der Waals surface area contributed by atoms with Crippen molar-refractivity contribution in [3.8, 4) is 11.5 Å². The van der Waals surface area contributed by atoms with Gasteiger partial charge < -0.3 is 29.5 Å². The van der Waals surface area contributed by atoms with E-state index in [-0.39, 0.29) is 0 Å². The first-order chi connectivity index (χ1) is 14.0. The second-order valence-corrected chi connectivity index (χ2v) is 8.41. The Morgan fingerprint density at radius 2 is 1.69 bits per heavy atom. The van der Waals surface area contributed by atoms with Crippen molar-refractivity contribution >= 4 is 11.8 Å². The highest BCUT2D eigenvalue weighted by Crippen LogP contribution is 2.37. The lowest BCUT2D eigenvalue weighted by molar-refractivity contribution is -0.200. The number of benzene rings is 2. The van der Waals surface area contributed by atoms with Gasteiger partial charge in [0, 0.05) is 0 Å². The lowest BCUT2D eigenvalue weighted by Gasteiger charge is -2.40. The predicted molar refractivity (Wildman–Crippen MR) is 111 cm³/mol. The van der Waals surface area contributed by atoms with Crippen molar-refractivity contribution in [2.75, 3.05) is 19.5 Å². The maximum absolute atomic E-state index is 10.5. The molecule has 0 radical (unpaired) electrons. The second-order valence-electron chi connectivity index (χ2n) is 7.47. The average Bonchev–Trinajstić information content (AvgIpc) is 2.74. The molecule has 156 valence electrons. The first-order valence-electron chi connectivity index (χ1n) is 9.68. The molecule has 0 bridgehead atoms. The Kier molecular flexibility index (Phi) is 6.03. The fourth-order valence-electron chi connectivity index (χ4n) is 3.79. The van der Waals surface area contributed by atoms with Crippen molar-refractivity contribution in [3.05, 3.63) is 58.7 Å². The van der Waals surface area contributed by atoms with Gasteiger partial charge in [-0.15, -0.1) is 11.8 Å². The standard InChI is InChI=1S/C22H26O6S/c1-12-3-5-14(21-19(24)18(23)20(25)22(28-21)29-2)11-15(12)9-13-4-6-16-17(10-13)27-8-7-26-16/h3-6,10-11,18-25H,7-9H2,1-2H3. The zero-order valence-electron chi connectivity index (χ0n) is 16.4. The third-order valence-electron chi connectivity index (χ3n) is 5.50. The minimum Gasteiger partial charge on any atom is -0.486 e. The Morgan fingerprint density at radius 1 is 0.931 bits per heavy atom. The quantitative estimate of drug-likeness (QED) is 0.702. The highest BCUT2D eigenvalue weighted by Gasteiger charge is 2.44. The molecule has 5 atom stereocenters. The average molecular weight is 419 g/mol. The lowest BCUT2D eigenvalue weighted by Crippen LogP contribution is -2.52. The molecule has 5 unspecified atom stereocenters. The molecule has 1 fully saturated rings. The number of hydrogen-bond acceptors (Lipinski definition) is 7. The largest absolute Gasteiger partial charge is 0.486 e.